The summed E-state index contributed by atoms with van der Waals surface area (Å²) in [6, 6.07) is 12.3. The Morgan fingerprint density at radius 3 is 2.52 bits per heavy atom. The van der Waals surface area contributed by atoms with Gasteiger partial charge in [-0.3, -0.25) is 9.59 Å². The van der Waals surface area contributed by atoms with Crippen molar-refractivity contribution in [3.63, 3.8) is 0 Å². The molecule has 0 heterocycles. The molecule has 0 bridgehead atoms. The van der Waals surface area contributed by atoms with E-state index >= 15 is 0 Å². The Kier molecular flexibility index (Phi) is 5.60. The molecule has 0 spiro atoms. The molecule has 0 saturated heterocycles. The maximum absolute atomic E-state index is 12.0. The number of nitrogens with one attached hydrogen (secondary N) is 2. The van der Waals surface area contributed by atoms with Crippen LogP contribution in [0, 0.1) is 0 Å². The van der Waals surface area contributed by atoms with Gasteiger partial charge in [-0.1, -0.05) is 27.5 Å². The second kappa shape index (κ2) is 7.89. The van der Waals surface area contributed by atoms with Crippen LogP contribution in [0.15, 0.2) is 46.9 Å². The summed E-state index contributed by atoms with van der Waals surface area (Å²) in [7, 11) is 0. The van der Waals surface area contributed by atoms with Gasteiger partial charge in [-0.05, 0) is 55.3 Å². The van der Waals surface area contributed by atoms with E-state index in [1.807, 2.05) is 12.1 Å². The molecule has 25 heavy (non-hydrogen) atoms. The van der Waals surface area contributed by atoms with Crippen molar-refractivity contribution in [2.45, 2.75) is 18.9 Å². The van der Waals surface area contributed by atoms with Crippen LogP contribution >= 0.6 is 27.5 Å². The summed E-state index contributed by atoms with van der Waals surface area (Å²) >= 11 is 9.48. The summed E-state index contributed by atoms with van der Waals surface area (Å²) in [5.74, 6) is 0.0987. The average molecular weight is 424 g/mol. The zero-order valence-electron chi connectivity index (χ0n) is 13.2. The summed E-state index contributed by atoms with van der Waals surface area (Å²) in [4.78, 5) is 24.0. The third-order valence-corrected chi connectivity index (χ3v) is 4.43. The molecule has 1 aliphatic carbocycles. The first-order chi connectivity index (χ1) is 12.0. The average Bonchev–Trinajstić information content (AvgIpc) is 3.38. The van der Waals surface area contributed by atoms with Crippen LogP contribution in [0.5, 0.6) is 5.75 Å². The number of anilines is 1. The van der Waals surface area contributed by atoms with E-state index in [4.69, 9.17) is 16.3 Å². The Morgan fingerprint density at radius 1 is 1.16 bits per heavy atom. The van der Waals surface area contributed by atoms with Crippen molar-refractivity contribution in [2.24, 2.45) is 0 Å². The molecule has 0 aliphatic heterocycles. The van der Waals surface area contributed by atoms with Crippen molar-refractivity contribution in [3.8, 4) is 5.75 Å². The van der Waals surface area contributed by atoms with E-state index < -0.39 is 0 Å². The minimum atomic E-state index is -0.311. The fraction of sp³-hybridized carbons (Fsp3) is 0.222. The van der Waals surface area contributed by atoms with Gasteiger partial charge in [-0.15, -0.1) is 0 Å². The molecule has 1 aliphatic rings. The Morgan fingerprint density at radius 2 is 1.88 bits per heavy atom. The maximum atomic E-state index is 12.0. The molecule has 0 unspecified atom stereocenters. The van der Waals surface area contributed by atoms with Gasteiger partial charge in [-0.25, -0.2) is 0 Å². The number of hydrogen-bond donors (Lipinski definition) is 2. The van der Waals surface area contributed by atoms with Gasteiger partial charge in [0, 0.05) is 16.2 Å². The number of hydrogen-bond acceptors (Lipinski definition) is 3. The molecule has 1 saturated carbocycles. The van der Waals surface area contributed by atoms with Crippen LogP contribution in [0.3, 0.4) is 0 Å². The van der Waals surface area contributed by atoms with Gasteiger partial charge in [0.1, 0.15) is 5.75 Å². The lowest BCUT2D eigenvalue weighted by Crippen LogP contribution is -2.25. The molecular formula is C18H16BrClN2O3. The van der Waals surface area contributed by atoms with Crippen molar-refractivity contribution in [2.75, 3.05) is 11.9 Å². The quantitative estimate of drug-likeness (QED) is 0.737. The van der Waals surface area contributed by atoms with E-state index in [-0.39, 0.29) is 24.5 Å². The molecule has 1 fully saturated rings. The highest BCUT2D eigenvalue weighted by molar-refractivity contribution is 9.10. The van der Waals surface area contributed by atoms with Crippen LogP contribution in [0.1, 0.15) is 23.2 Å². The van der Waals surface area contributed by atoms with E-state index in [0.29, 0.717) is 22.0 Å². The second-order valence-electron chi connectivity index (χ2n) is 5.73. The largest absolute Gasteiger partial charge is 0.484 e. The first-order valence-corrected chi connectivity index (χ1v) is 8.97. The van der Waals surface area contributed by atoms with Gasteiger partial charge in [0.25, 0.3) is 11.8 Å². The van der Waals surface area contributed by atoms with Crippen LogP contribution in [0.25, 0.3) is 0 Å². The van der Waals surface area contributed by atoms with Gasteiger partial charge in [0.2, 0.25) is 0 Å². The molecule has 130 valence electrons. The number of carbonyl (C=O) groups is 2. The minimum Gasteiger partial charge on any atom is -0.484 e. The molecule has 7 heteroatoms. The fourth-order valence-corrected chi connectivity index (χ4v) is 2.68. The molecule has 5 nitrogen and oxygen atoms in total. The highest BCUT2D eigenvalue weighted by Gasteiger charge is 2.24. The summed E-state index contributed by atoms with van der Waals surface area (Å²) in [6.45, 7) is -0.122. The van der Waals surface area contributed by atoms with E-state index in [0.717, 1.165) is 17.3 Å². The smallest absolute Gasteiger partial charge is 0.262 e. The SMILES string of the molecule is O=C(COc1ccc(Br)cc1)Nc1ccc(C(=O)NC2CC2)c(Cl)c1. The summed E-state index contributed by atoms with van der Waals surface area (Å²) < 4.78 is 6.34. The number of carbonyl (C=O) groups excluding carboxylic acids is 2. The number of amides is 2. The van der Waals surface area contributed by atoms with Crippen molar-refractivity contribution in [3.05, 3.63) is 57.5 Å². The Labute approximate surface area is 158 Å². The van der Waals surface area contributed by atoms with Crippen molar-refractivity contribution in [1.82, 2.24) is 5.32 Å². The van der Waals surface area contributed by atoms with Crippen LogP contribution in [0.2, 0.25) is 5.02 Å². The second-order valence-corrected chi connectivity index (χ2v) is 7.06. The molecule has 3 rings (SSSR count). The zero-order chi connectivity index (χ0) is 17.8. The van der Waals surface area contributed by atoms with E-state index in [1.165, 1.54) is 0 Å². The number of ether oxygens (including phenoxy) is 1. The third-order valence-electron chi connectivity index (χ3n) is 3.59. The van der Waals surface area contributed by atoms with Gasteiger partial charge < -0.3 is 15.4 Å². The van der Waals surface area contributed by atoms with E-state index in [1.54, 1.807) is 30.3 Å². The van der Waals surface area contributed by atoms with Gasteiger partial charge in [-0.2, -0.15) is 0 Å². The molecular weight excluding hydrogens is 408 g/mol. The van der Waals surface area contributed by atoms with Gasteiger partial charge in [0.05, 0.1) is 10.6 Å². The van der Waals surface area contributed by atoms with Gasteiger partial charge in [0.15, 0.2) is 6.61 Å². The monoisotopic (exact) mass is 422 g/mol. The first kappa shape index (κ1) is 17.8. The highest BCUT2D eigenvalue weighted by Crippen LogP contribution is 2.24. The number of rotatable bonds is 6. The number of halogens is 2. The molecule has 0 aromatic heterocycles. The summed E-state index contributed by atoms with van der Waals surface area (Å²) in [5, 5.41) is 5.87. The molecule has 2 aromatic rings. The zero-order valence-corrected chi connectivity index (χ0v) is 15.6. The van der Waals surface area contributed by atoms with Gasteiger partial charge >= 0.3 is 0 Å². The standard InChI is InChI=1S/C18H16BrClN2O3/c19-11-1-6-14(7-2-11)25-10-17(23)21-13-5-8-15(16(20)9-13)18(24)22-12-3-4-12/h1-2,5-9,12H,3-4,10H2,(H,21,23)(H,22,24). The predicted molar refractivity (Wildman–Crippen MR) is 100 cm³/mol. The predicted octanol–water partition coefficient (Wildman–Crippen LogP) is 4.01. The van der Waals surface area contributed by atoms with Crippen molar-refractivity contribution in [1.29, 1.82) is 0 Å². The van der Waals surface area contributed by atoms with Crippen molar-refractivity contribution >= 4 is 45.0 Å². The molecule has 2 aromatic carbocycles. The maximum Gasteiger partial charge on any atom is 0.262 e. The fourth-order valence-electron chi connectivity index (χ4n) is 2.14. The molecule has 0 radical (unpaired) electrons. The molecule has 2 amide bonds. The summed E-state index contributed by atoms with van der Waals surface area (Å²) in [5.41, 5.74) is 0.912. The third kappa shape index (κ3) is 5.21. The lowest BCUT2D eigenvalue weighted by Gasteiger charge is -2.10. The highest BCUT2D eigenvalue weighted by atomic mass is 79.9. The Balaban J connectivity index is 1.54. The molecule has 2 N–H and O–H groups in total. The Hall–Kier alpha value is -2.05. The normalized spacial score (nSPS) is 13.2. The summed E-state index contributed by atoms with van der Waals surface area (Å²) in [6.07, 6.45) is 2.02. The van der Waals surface area contributed by atoms with Crippen molar-refractivity contribution < 1.29 is 14.3 Å². The van der Waals surface area contributed by atoms with Crippen LogP contribution in [0.4, 0.5) is 5.69 Å². The lowest BCUT2D eigenvalue weighted by molar-refractivity contribution is -0.118. The van der Waals surface area contributed by atoms with E-state index in [9.17, 15) is 9.59 Å². The lowest BCUT2D eigenvalue weighted by atomic mass is 10.2. The van der Waals surface area contributed by atoms with Crippen LogP contribution < -0.4 is 15.4 Å². The van der Waals surface area contributed by atoms with Crippen LogP contribution in [-0.4, -0.2) is 24.5 Å². The minimum absolute atomic E-state index is 0.122. The Bertz CT molecular complexity index is 791. The van der Waals surface area contributed by atoms with Crippen LogP contribution in [-0.2, 0) is 4.79 Å². The van der Waals surface area contributed by atoms with E-state index in [2.05, 4.69) is 26.6 Å². The number of benzene rings is 2. The first-order valence-electron chi connectivity index (χ1n) is 7.80. The topological polar surface area (TPSA) is 67.4 Å². The molecule has 0 atom stereocenters.